The lowest BCUT2D eigenvalue weighted by Crippen LogP contribution is -2.53. The number of anilines is 1. The number of ketones is 1. The largest absolute Gasteiger partial charge is 0.467 e. The number of esters is 3. The lowest BCUT2D eigenvalue weighted by atomic mass is 9.98. The number of benzene rings is 2. The molecule has 0 spiro atoms. The number of sulfonamides is 1. The van der Waals surface area contributed by atoms with Gasteiger partial charge in [0.2, 0.25) is 16.8 Å². The predicted octanol–water partition coefficient (Wildman–Crippen LogP) is 4.95. The van der Waals surface area contributed by atoms with E-state index in [0.717, 1.165) is 6.07 Å². The SMILES string of the molecule is CC(C(=O)c1cccc(Cl)c1)N(C(=O)OCOC(=O)CC(=O)OCCOC(=O)c1cc(S(N)(=O)=O)c(Cl)cc1NCc1ccco1)C(C)(C)C. The number of ether oxygens (including phenoxy) is 4. The molecule has 50 heavy (non-hydrogen) atoms. The summed E-state index contributed by atoms with van der Waals surface area (Å²) in [5, 5.41) is 8.21. The van der Waals surface area contributed by atoms with Crippen LogP contribution in [0.1, 0.15) is 60.6 Å². The number of Topliss-reactive ketones (excluding diaryl/α,β-unsaturated/α-hetero) is 1. The number of rotatable bonds is 15. The van der Waals surface area contributed by atoms with Gasteiger partial charge in [-0.05, 0) is 64.1 Å². The Bertz CT molecular complexity index is 1830. The van der Waals surface area contributed by atoms with Crippen LogP contribution in [-0.2, 0) is 45.1 Å². The maximum atomic E-state index is 13.0. The van der Waals surface area contributed by atoms with Gasteiger partial charge in [-0.1, -0.05) is 35.3 Å². The summed E-state index contributed by atoms with van der Waals surface area (Å²) in [5.41, 5.74) is -0.714. The number of nitrogens with zero attached hydrogens (tertiary/aromatic N) is 1. The van der Waals surface area contributed by atoms with Crippen LogP contribution in [0, 0.1) is 0 Å². The standard InChI is InChI=1S/C32H35Cl2N3O12S/c1-19(29(40)20-7-5-8-21(33)13-20)37(32(2,3)4)31(42)49-18-48-28(39)16-27(38)46-11-12-47-30(41)23-14-26(50(35,43)44)24(34)15-25(23)36-17-22-9-6-10-45-22/h5-10,13-15,19,36H,11-12,16-18H2,1-4H3,(H2,35,43,44). The van der Waals surface area contributed by atoms with E-state index >= 15 is 0 Å². The summed E-state index contributed by atoms with van der Waals surface area (Å²) in [4.78, 5) is 63.7. The summed E-state index contributed by atoms with van der Waals surface area (Å²) in [6.07, 6.45) is -0.376. The Morgan fingerprint density at radius 1 is 0.940 bits per heavy atom. The van der Waals surface area contributed by atoms with Gasteiger partial charge in [0.05, 0.1) is 35.1 Å². The molecule has 1 heterocycles. The van der Waals surface area contributed by atoms with Crippen molar-refractivity contribution in [3.63, 3.8) is 0 Å². The minimum Gasteiger partial charge on any atom is -0.467 e. The number of furan rings is 1. The van der Waals surface area contributed by atoms with E-state index in [4.69, 9.17) is 51.7 Å². The molecule has 3 aromatic rings. The van der Waals surface area contributed by atoms with Gasteiger partial charge in [-0.3, -0.25) is 19.3 Å². The number of halogens is 2. The summed E-state index contributed by atoms with van der Waals surface area (Å²) >= 11 is 12.1. The van der Waals surface area contributed by atoms with E-state index in [2.05, 4.69) is 5.32 Å². The smallest absolute Gasteiger partial charge is 0.413 e. The molecule has 3 N–H and O–H groups in total. The summed E-state index contributed by atoms with van der Waals surface area (Å²) in [5.74, 6) is -3.03. The van der Waals surface area contributed by atoms with Gasteiger partial charge in [-0.2, -0.15) is 0 Å². The van der Waals surface area contributed by atoms with E-state index in [0.29, 0.717) is 10.8 Å². The highest BCUT2D eigenvalue weighted by Crippen LogP contribution is 2.29. The molecule has 0 saturated carbocycles. The lowest BCUT2D eigenvalue weighted by Gasteiger charge is -2.38. The van der Waals surface area contributed by atoms with Crippen molar-refractivity contribution < 1.29 is 55.8 Å². The predicted molar refractivity (Wildman–Crippen MR) is 179 cm³/mol. The van der Waals surface area contributed by atoms with Gasteiger partial charge >= 0.3 is 24.0 Å². The molecule has 0 saturated heterocycles. The van der Waals surface area contributed by atoms with Crippen LogP contribution >= 0.6 is 23.2 Å². The van der Waals surface area contributed by atoms with E-state index < -0.39 is 82.7 Å². The Hall–Kier alpha value is -4.64. The molecular formula is C32H35Cl2N3O12S. The zero-order chi connectivity index (χ0) is 37.2. The maximum Gasteiger partial charge on any atom is 0.413 e. The lowest BCUT2D eigenvalue weighted by molar-refractivity contribution is -0.160. The Kier molecular flexibility index (Phi) is 13.8. The van der Waals surface area contributed by atoms with Crippen LogP contribution in [0.5, 0.6) is 0 Å². The summed E-state index contributed by atoms with van der Waals surface area (Å²) in [6.45, 7) is 4.88. The first kappa shape index (κ1) is 39.8. The Morgan fingerprint density at radius 2 is 1.62 bits per heavy atom. The zero-order valence-corrected chi connectivity index (χ0v) is 29.7. The van der Waals surface area contributed by atoms with Crippen molar-refractivity contribution in [2.45, 2.75) is 57.1 Å². The third kappa shape index (κ3) is 11.5. The highest BCUT2D eigenvalue weighted by Gasteiger charge is 2.36. The second-order valence-corrected chi connectivity index (χ2v) is 13.8. The molecule has 1 atom stereocenters. The number of amides is 1. The van der Waals surface area contributed by atoms with Crippen molar-refractivity contribution in [2.75, 3.05) is 25.3 Å². The third-order valence-corrected chi connectivity index (χ3v) is 8.31. The van der Waals surface area contributed by atoms with Gasteiger partial charge in [-0.25, -0.2) is 23.1 Å². The van der Waals surface area contributed by atoms with Crippen LogP contribution in [0.4, 0.5) is 10.5 Å². The van der Waals surface area contributed by atoms with Gasteiger partial charge in [-0.15, -0.1) is 0 Å². The number of carbonyl (C=O) groups excluding carboxylic acids is 5. The van der Waals surface area contributed by atoms with E-state index in [1.807, 2.05) is 0 Å². The van der Waals surface area contributed by atoms with Crippen molar-refractivity contribution in [3.05, 3.63) is 81.7 Å². The van der Waals surface area contributed by atoms with Crippen LogP contribution < -0.4 is 10.5 Å². The molecule has 0 aliphatic carbocycles. The van der Waals surface area contributed by atoms with Crippen LogP contribution in [-0.4, -0.2) is 74.7 Å². The molecule has 1 aromatic heterocycles. The molecule has 0 aliphatic heterocycles. The van der Waals surface area contributed by atoms with Crippen molar-refractivity contribution in [3.8, 4) is 0 Å². The second kappa shape index (κ2) is 17.3. The first-order valence-electron chi connectivity index (χ1n) is 14.7. The normalized spacial score (nSPS) is 12.0. The molecule has 0 radical (unpaired) electrons. The second-order valence-electron chi connectivity index (χ2n) is 11.5. The van der Waals surface area contributed by atoms with Gasteiger partial charge < -0.3 is 28.7 Å². The van der Waals surface area contributed by atoms with E-state index in [-0.39, 0.29) is 28.4 Å². The van der Waals surface area contributed by atoms with E-state index in [9.17, 15) is 32.4 Å². The quantitative estimate of drug-likeness (QED) is 0.0526. The molecule has 1 amide bonds. The molecule has 0 bridgehead atoms. The summed E-state index contributed by atoms with van der Waals surface area (Å²) in [7, 11) is -4.30. The highest BCUT2D eigenvalue weighted by molar-refractivity contribution is 7.89. The van der Waals surface area contributed by atoms with Crippen molar-refractivity contribution in [2.24, 2.45) is 5.14 Å². The monoisotopic (exact) mass is 755 g/mol. The first-order valence-corrected chi connectivity index (χ1v) is 17.1. The van der Waals surface area contributed by atoms with Crippen molar-refractivity contribution in [1.29, 1.82) is 0 Å². The molecule has 2 aromatic carbocycles. The third-order valence-electron chi connectivity index (χ3n) is 6.70. The molecule has 0 aliphatic rings. The maximum absolute atomic E-state index is 13.0. The molecule has 15 nitrogen and oxygen atoms in total. The van der Waals surface area contributed by atoms with Gasteiger partial charge in [0, 0.05) is 16.1 Å². The molecular weight excluding hydrogens is 721 g/mol. The van der Waals surface area contributed by atoms with Crippen molar-refractivity contribution >= 4 is 68.7 Å². The molecule has 0 fully saturated rings. The fourth-order valence-corrected chi connectivity index (χ4v) is 5.79. The average Bonchev–Trinajstić information content (AvgIpc) is 3.54. The van der Waals surface area contributed by atoms with Gasteiger partial charge in [0.25, 0.3) is 0 Å². The Morgan fingerprint density at radius 3 is 2.24 bits per heavy atom. The van der Waals surface area contributed by atoms with Crippen LogP contribution in [0.2, 0.25) is 10.0 Å². The number of nitrogens with two attached hydrogens (primary N) is 1. The summed E-state index contributed by atoms with van der Waals surface area (Å²) in [6, 6.07) is 10.7. The van der Waals surface area contributed by atoms with Crippen LogP contribution in [0.15, 0.2) is 64.1 Å². The molecule has 18 heteroatoms. The molecule has 3 rings (SSSR count). The number of primary sulfonamides is 1. The number of hydrogen-bond acceptors (Lipinski definition) is 13. The fraction of sp³-hybridized carbons (Fsp3) is 0.344. The minimum atomic E-state index is -4.30. The van der Waals surface area contributed by atoms with Crippen LogP contribution in [0.3, 0.4) is 0 Å². The zero-order valence-electron chi connectivity index (χ0n) is 27.4. The molecule has 270 valence electrons. The van der Waals surface area contributed by atoms with Gasteiger partial charge in [0.1, 0.15) is 30.3 Å². The number of carbonyl (C=O) groups is 5. The minimum absolute atomic E-state index is 0.108. The Balaban J connectivity index is 1.48. The number of hydrogen-bond donors (Lipinski definition) is 2. The summed E-state index contributed by atoms with van der Waals surface area (Å²) < 4.78 is 49.0. The van der Waals surface area contributed by atoms with Crippen molar-refractivity contribution in [1.82, 2.24) is 4.90 Å². The highest BCUT2D eigenvalue weighted by atomic mass is 35.5. The van der Waals surface area contributed by atoms with Crippen LogP contribution in [0.25, 0.3) is 0 Å². The topological polar surface area (TPSA) is 211 Å². The van der Waals surface area contributed by atoms with E-state index in [1.54, 1.807) is 51.1 Å². The first-order chi connectivity index (χ1) is 23.4. The van der Waals surface area contributed by atoms with Gasteiger partial charge in [0.15, 0.2) is 5.78 Å². The Labute approximate surface area is 297 Å². The van der Waals surface area contributed by atoms with E-state index in [1.165, 1.54) is 30.2 Å². The number of nitrogens with one attached hydrogen (secondary N) is 1. The molecule has 1 unspecified atom stereocenters. The average molecular weight is 757 g/mol. The fourth-order valence-electron chi connectivity index (χ4n) is 4.50.